The molecule has 3 aromatic rings. The molecular formula is C31H35BrClN3O4S. The average Bonchev–Trinajstić information content (AvgIpc) is 2.95. The SMILES string of the molecule is CS(=O)(=O)N(CC(=O)N(Cc1ccc(Cl)cc1)[C@H](Cc1ccccc1)C(=O)NC1CCCCC1)c1ccc(Br)cc1. The minimum atomic E-state index is -3.81. The predicted molar refractivity (Wildman–Crippen MR) is 167 cm³/mol. The van der Waals surface area contributed by atoms with Crippen LogP contribution in [0, 0.1) is 0 Å². The van der Waals surface area contributed by atoms with Crippen LogP contribution in [0.5, 0.6) is 0 Å². The number of nitrogens with zero attached hydrogens (tertiary/aromatic N) is 2. The summed E-state index contributed by atoms with van der Waals surface area (Å²) >= 11 is 9.49. The van der Waals surface area contributed by atoms with Gasteiger partial charge >= 0.3 is 0 Å². The Morgan fingerprint density at radius 2 is 1.56 bits per heavy atom. The number of carbonyl (C=O) groups excluding carboxylic acids is 2. The molecule has 1 atom stereocenters. The fourth-order valence-corrected chi connectivity index (χ4v) is 6.35. The maximum Gasteiger partial charge on any atom is 0.244 e. The second-order valence-corrected chi connectivity index (χ2v) is 13.7. The first-order valence-electron chi connectivity index (χ1n) is 13.7. The van der Waals surface area contributed by atoms with Crippen molar-refractivity contribution in [2.75, 3.05) is 17.1 Å². The summed E-state index contributed by atoms with van der Waals surface area (Å²) in [6.45, 7) is -0.334. The average molecular weight is 661 g/mol. The lowest BCUT2D eigenvalue weighted by Gasteiger charge is -2.35. The summed E-state index contributed by atoms with van der Waals surface area (Å²) in [5.41, 5.74) is 2.04. The van der Waals surface area contributed by atoms with E-state index in [0.717, 1.165) is 58.3 Å². The Bertz CT molecular complexity index is 1410. The van der Waals surface area contributed by atoms with Crippen LogP contribution in [0.1, 0.15) is 43.2 Å². The van der Waals surface area contributed by atoms with Crippen LogP contribution >= 0.6 is 27.5 Å². The Morgan fingerprint density at radius 3 is 2.17 bits per heavy atom. The van der Waals surface area contributed by atoms with Crippen molar-refractivity contribution >= 4 is 55.1 Å². The Balaban J connectivity index is 1.71. The third-order valence-corrected chi connectivity index (χ3v) is 9.20. The molecule has 1 fully saturated rings. The molecule has 0 saturated heterocycles. The molecule has 2 amide bonds. The number of sulfonamides is 1. The van der Waals surface area contributed by atoms with Gasteiger partial charge in [0.25, 0.3) is 0 Å². The Morgan fingerprint density at radius 1 is 0.927 bits per heavy atom. The van der Waals surface area contributed by atoms with E-state index in [1.165, 1.54) is 4.90 Å². The van der Waals surface area contributed by atoms with Crippen molar-refractivity contribution < 1.29 is 18.0 Å². The quantitative estimate of drug-likeness (QED) is 0.275. The highest BCUT2D eigenvalue weighted by Gasteiger charge is 2.34. The van der Waals surface area contributed by atoms with Crippen LogP contribution < -0.4 is 9.62 Å². The van der Waals surface area contributed by atoms with Crippen molar-refractivity contribution in [2.45, 2.75) is 57.2 Å². The predicted octanol–water partition coefficient (Wildman–Crippen LogP) is 5.96. The van der Waals surface area contributed by atoms with Gasteiger partial charge in [-0.3, -0.25) is 13.9 Å². The summed E-state index contributed by atoms with van der Waals surface area (Å²) in [5.74, 6) is -0.717. The van der Waals surface area contributed by atoms with Crippen LogP contribution in [0.15, 0.2) is 83.3 Å². The lowest BCUT2D eigenvalue weighted by molar-refractivity contribution is -0.140. The molecule has 0 aromatic heterocycles. The standard InChI is InChI=1S/C31H35BrClN3O4S/c1-41(39,40)36(28-18-14-25(32)15-19-28)22-30(37)35(21-24-12-16-26(33)17-13-24)29(20-23-8-4-2-5-9-23)31(38)34-27-10-6-3-7-11-27/h2,4-5,8-9,12-19,27,29H,3,6-7,10-11,20-22H2,1H3,(H,34,38)/t29-/m1/s1. The number of hydrogen-bond donors (Lipinski definition) is 1. The van der Waals surface area contributed by atoms with Gasteiger partial charge in [0, 0.05) is 28.5 Å². The minimum absolute atomic E-state index is 0.0530. The molecule has 41 heavy (non-hydrogen) atoms. The normalized spacial score (nSPS) is 14.7. The van der Waals surface area contributed by atoms with Gasteiger partial charge < -0.3 is 10.2 Å². The highest BCUT2D eigenvalue weighted by Crippen LogP contribution is 2.24. The van der Waals surface area contributed by atoms with E-state index >= 15 is 0 Å². The molecule has 0 heterocycles. The molecule has 218 valence electrons. The van der Waals surface area contributed by atoms with Crippen molar-refractivity contribution in [2.24, 2.45) is 0 Å². The van der Waals surface area contributed by atoms with Gasteiger partial charge in [-0.25, -0.2) is 8.42 Å². The molecule has 1 saturated carbocycles. The lowest BCUT2D eigenvalue weighted by atomic mass is 9.94. The molecule has 0 radical (unpaired) electrons. The number of anilines is 1. The second kappa shape index (κ2) is 14.3. The molecule has 4 rings (SSSR count). The van der Waals surface area contributed by atoms with Crippen LogP contribution in [0.3, 0.4) is 0 Å². The zero-order chi connectivity index (χ0) is 29.4. The maximum absolute atomic E-state index is 14.1. The van der Waals surface area contributed by atoms with Crippen molar-refractivity contribution in [3.05, 3.63) is 99.5 Å². The van der Waals surface area contributed by atoms with Crippen molar-refractivity contribution in [1.29, 1.82) is 0 Å². The smallest absolute Gasteiger partial charge is 0.244 e. The van der Waals surface area contributed by atoms with Gasteiger partial charge in [0.2, 0.25) is 21.8 Å². The van der Waals surface area contributed by atoms with Crippen LogP contribution in [-0.4, -0.2) is 50.0 Å². The molecule has 0 spiro atoms. The number of rotatable bonds is 11. The van der Waals surface area contributed by atoms with Crippen LogP contribution in [-0.2, 0) is 32.6 Å². The number of hydrogen-bond acceptors (Lipinski definition) is 4. The molecular weight excluding hydrogens is 626 g/mol. The summed E-state index contributed by atoms with van der Waals surface area (Å²) in [4.78, 5) is 29.6. The summed E-state index contributed by atoms with van der Waals surface area (Å²) in [7, 11) is -3.81. The van der Waals surface area contributed by atoms with Gasteiger partial charge in [0.1, 0.15) is 12.6 Å². The summed E-state index contributed by atoms with van der Waals surface area (Å²) in [5, 5.41) is 3.76. The Kier molecular flexibility index (Phi) is 10.9. The van der Waals surface area contributed by atoms with E-state index in [1.54, 1.807) is 36.4 Å². The first kappa shape index (κ1) is 31.1. The van der Waals surface area contributed by atoms with Gasteiger partial charge in [0.15, 0.2) is 0 Å². The maximum atomic E-state index is 14.1. The zero-order valence-corrected chi connectivity index (χ0v) is 26.2. The summed E-state index contributed by atoms with van der Waals surface area (Å²) in [6, 6.07) is 22.6. The Hall–Kier alpha value is -2.88. The molecule has 0 unspecified atom stereocenters. The van der Waals surface area contributed by atoms with Gasteiger partial charge in [-0.1, -0.05) is 89.3 Å². The molecule has 1 aliphatic carbocycles. The Labute approximate surface area is 256 Å². The molecule has 1 N–H and O–H groups in total. The monoisotopic (exact) mass is 659 g/mol. The van der Waals surface area contributed by atoms with E-state index in [1.807, 2.05) is 42.5 Å². The third-order valence-electron chi connectivity index (χ3n) is 7.28. The van der Waals surface area contributed by atoms with Crippen LogP contribution in [0.4, 0.5) is 5.69 Å². The van der Waals surface area contributed by atoms with E-state index in [2.05, 4.69) is 21.2 Å². The van der Waals surface area contributed by atoms with Gasteiger partial charge in [-0.05, 0) is 60.4 Å². The number of carbonyl (C=O) groups is 2. The largest absolute Gasteiger partial charge is 0.352 e. The van der Waals surface area contributed by atoms with E-state index < -0.39 is 28.5 Å². The number of nitrogens with one attached hydrogen (secondary N) is 1. The molecule has 7 nitrogen and oxygen atoms in total. The molecule has 10 heteroatoms. The first-order valence-corrected chi connectivity index (χ1v) is 16.7. The van der Waals surface area contributed by atoms with E-state index in [4.69, 9.17) is 11.6 Å². The molecule has 0 aliphatic heterocycles. The van der Waals surface area contributed by atoms with Gasteiger partial charge in [0.05, 0.1) is 11.9 Å². The zero-order valence-electron chi connectivity index (χ0n) is 23.0. The van der Waals surface area contributed by atoms with Crippen molar-refractivity contribution in [3.8, 4) is 0 Å². The van der Waals surface area contributed by atoms with Crippen LogP contribution in [0.2, 0.25) is 5.02 Å². The van der Waals surface area contributed by atoms with E-state index in [0.29, 0.717) is 10.7 Å². The first-order chi connectivity index (χ1) is 19.6. The fourth-order valence-electron chi connectivity index (χ4n) is 5.11. The number of amides is 2. The summed E-state index contributed by atoms with van der Waals surface area (Å²) in [6.07, 6.45) is 6.43. The number of benzene rings is 3. The third kappa shape index (κ3) is 9.05. The minimum Gasteiger partial charge on any atom is -0.352 e. The highest BCUT2D eigenvalue weighted by atomic mass is 79.9. The summed E-state index contributed by atoms with van der Waals surface area (Å²) < 4.78 is 27.6. The van der Waals surface area contributed by atoms with Crippen molar-refractivity contribution in [3.63, 3.8) is 0 Å². The second-order valence-electron chi connectivity index (χ2n) is 10.4. The van der Waals surface area contributed by atoms with E-state index in [-0.39, 0.29) is 24.9 Å². The van der Waals surface area contributed by atoms with E-state index in [9.17, 15) is 18.0 Å². The van der Waals surface area contributed by atoms with Gasteiger partial charge in [-0.2, -0.15) is 0 Å². The van der Waals surface area contributed by atoms with Crippen molar-refractivity contribution in [1.82, 2.24) is 10.2 Å². The van der Waals surface area contributed by atoms with Gasteiger partial charge in [-0.15, -0.1) is 0 Å². The fraction of sp³-hybridized carbons (Fsp3) is 0.355. The number of halogens is 2. The molecule has 0 bridgehead atoms. The molecule has 3 aromatic carbocycles. The highest BCUT2D eigenvalue weighted by molar-refractivity contribution is 9.10. The molecule has 1 aliphatic rings. The topological polar surface area (TPSA) is 86.8 Å². The lowest BCUT2D eigenvalue weighted by Crippen LogP contribution is -2.55. The van der Waals surface area contributed by atoms with Crippen LogP contribution in [0.25, 0.3) is 0 Å².